The lowest BCUT2D eigenvalue weighted by atomic mass is 10.3. The van der Waals surface area contributed by atoms with Gasteiger partial charge in [-0.2, -0.15) is 5.10 Å². The van der Waals surface area contributed by atoms with E-state index in [1.165, 1.54) is 4.31 Å². The van der Waals surface area contributed by atoms with Gasteiger partial charge in [0.05, 0.1) is 23.0 Å². The van der Waals surface area contributed by atoms with Crippen molar-refractivity contribution in [2.45, 2.75) is 24.6 Å². The van der Waals surface area contributed by atoms with E-state index in [2.05, 4.69) is 10.2 Å². The van der Waals surface area contributed by atoms with E-state index in [0.717, 1.165) is 0 Å². The summed E-state index contributed by atoms with van der Waals surface area (Å²) in [4.78, 5) is 0.165. The zero-order valence-corrected chi connectivity index (χ0v) is 12.9. The van der Waals surface area contributed by atoms with Gasteiger partial charge in [0.25, 0.3) is 10.0 Å². The number of hydrogen-bond donors (Lipinski definition) is 1. The van der Waals surface area contributed by atoms with Gasteiger partial charge in [-0.3, -0.25) is 9.40 Å². The van der Waals surface area contributed by atoms with Crippen LogP contribution in [0.1, 0.15) is 18.3 Å². The molecule has 0 fully saturated rings. The summed E-state index contributed by atoms with van der Waals surface area (Å²) >= 11 is 5.78. The van der Waals surface area contributed by atoms with E-state index in [1.807, 2.05) is 6.07 Å². The second kappa shape index (κ2) is 5.85. The van der Waals surface area contributed by atoms with Gasteiger partial charge in [-0.1, -0.05) is 18.2 Å². The number of nitrogens with one attached hydrogen (secondary N) is 1. The molecule has 2 aromatic rings. The summed E-state index contributed by atoms with van der Waals surface area (Å²) in [6, 6.07) is 8.97. The monoisotopic (exact) mass is 313 g/mol. The number of nitrogens with zero attached hydrogens (tertiary/aromatic N) is 2. The third-order valence-electron chi connectivity index (χ3n) is 2.97. The molecule has 1 aromatic carbocycles. The first-order valence-electron chi connectivity index (χ1n) is 6.20. The molecule has 0 bridgehead atoms. The number of aromatic amines is 1. The van der Waals surface area contributed by atoms with Crippen LogP contribution in [0.3, 0.4) is 0 Å². The zero-order chi connectivity index (χ0) is 14.8. The second-order valence-corrected chi connectivity index (χ2v) is 6.33. The molecular formula is C13H16ClN3O2S. The SMILES string of the molecule is CCN(c1ccccc1)S(=O)(=O)c1c(CCl)n[nH]c1C. The fourth-order valence-corrected chi connectivity index (χ4v) is 4.18. The minimum atomic E-state index is -3.68. The highest BCUT2D eigenvalue weighted by atomic mass is 35.5. The number of H-pyrrole nitrogens is 1. The summed E-state index contributed by atoms with van der Waals surface area (Å²) < 4.78 is 27.0. The van der Waals surface area contributed by atoms with Crippen molar-refractivity contribution >= 4 is 27.3 Å². The first-order chi connectivity index (χ1) is 9.52. The number of anilines is 1. The second-order valence-electron chi connectivity index (χ2n) is 4.26. The largest absolute Gasteiger partial charge is 0.281 e. The molecule has 7 heteroatoms. The Morgan fingerprint density at radius 3 is 2.50 bits per heavy atom. The highest BCUT2D eigenvalue weighted by Gasteiger charge is 2.29. The van der Waals surface area contributed by atoms with E-state index in [4.69, 9.17) is 11.6 Å². The minimum absolute atomic E-state index is 0.0469. The van der Waals surface area contributed by atoms with Gasteiger partial charge >= 0.3 is 0 Å². The highest BCUT2D eigenvalue weighted by molar-refractivity contribution is 7.93. The third kappa shape index (κ3) is 2.53. The summed E-state index contributed by atoms with van der Waals surface area (Å²) in [6.07, 6.45) is 0. The van der Waals surface area contributed by atoms with Crippen molar-refractivity contribution < 1.29 is 8.42 Å². The van der Waals surface area contributed by atoms with E-state index >= 15 is 0 Å². The Bertz CT molecular complexity index is 683. The van der Waals surface area contributed by atoms with E-state index in [0.29, 0.717) is 23.6 Å². The number of sulfonamides is 1. The fraction of sp³-hybridized carbons (Fsp3) is 0.308. The maximum atomic E-state index is 12.8. The van der Waals surface area contributed by atoms with Crippen molar-refractivity contribution in [3.8, 4) is 0 Å². The minimum Gasteiger partial charge on any atom is -0.281 e. The molecule has 0 saturated heterocycles. The van der Waals surface area contributed by atoms with E-state index in [9.17, 15) is 8.42 Å². The quantitative estimate of drug-likeness (QED) is 0.863. The van der Waals surface area contributed by atoms with Gasteiger partial charge in [0.15, 0.2) is 0 Å². The van der Waals surface area contributed by atoms with Gasteiger partial charge in [-0.05, 0) is 26.0 Å². The predicted octanol–water partition coefficient (Wildman–Crippen LogP) is 2.67. The molecule has 0 aliphatic heterocycles. The molecule has 0 saturated carbocycles. The van der Waals surface area contributed by atoms with Gasteiger partial charge in [0.1, 0.15) is 4.90 Å². The smallest absolute Gasteiger partial charge is 0.268 e. The van der Waals surface area contributed by atoms with E-state index in [1.54, 1.807) is 38.1 Å². The number of halogens is 1. The molecule has 5 nitrogen and oxygen atoms in total. The van der Waals surface area contributed by atoms with Crippen LogP contribution in [0.2, 0.25) is 0 Å². The highest BCUT2D eigenvalue weighted by Crippen LogP contribution is 2.27. The Hall–Kier alpha value is -1.53. The maximum absolute atomic E-state index is 12.8. The van der Waals surface area contributed by atoms with Crippen LogP contribution in [0, 0.1) is 6.92 Å². The Morgan fingerprint density at radius 2 is 1.95 bits per heavy atom. The van der Waals surface area contributed by atoms with Crippen molar-refractivity contribution in [3.05, 3.63) is 41.7 Å². The predicted molar refractivity (Wildman–Crippen MR) is 79.5 cm³/mol. The Balaban J connectivity index is 2.56. The van der Waals surface area contributed by atoms with Gasteiger partial charge in [0, 0.05) is 6.54 Å². The number of alkyl halides is 1. The molecule has 0 atom stereocenters. The number of aryl methyl sites for hydroxylation is 1. The van der Waals surface area contributed by atoms with Crippen molar-refractivity contribution in [3.63, 3.8) is 0 Å². The molecule has 0 amide bonds. The lowest BCUT2D eigenvalue weighted by molar-refractivity contribution is 0.590. The molecule has 0 aliphatic rings. The Labute approximate surface area is 123 Å². The third-order valence-corrected chi connectivity index (χ3v) is 5.33. The Kier molecular flexibility index (Phi) is 4.35. The topological polar surface area (TPSA) is 66.1 Å². The first kappa shape index (κ1) is 14.9. The molecule has 1 N–H and O–H groups in total. The molecule has 0 unspecified atom stereocenters. The van der Waals surface area contributed by atoms with Crippen LogP contribution in [0.15, 0.2) is 35.2 Å². The number of hydrogen-bond acceptors (Lipinski definition) is 3. The average molecular weight is 314 g/mol. The summed E-state index contributed by atoms with van der Waals surface area (Å²) in [5, 5.41) is 6.63. The average Bonchev–Trinajstić information content (AvgIpc) is 2.82. The van der Waals surface area contributed by atoms with Crippen LogP contribution in [0.4, 0.5) is 5.69 Å². The van der Waals surface area contributed by atoms with Crippen molar-refractivity contribution in [1.82, 2.24) is 10.2 Å². The molecular weight excluding hydrogens is 298 g/mol. The number of benzene rings is 1. The zero-order valence-electron chi connectivity index (χ0n) is 11.3. The van der Waals surface area contributed by atoms with Crippen LogP contribution >= 0.6 is 11.6 Å². The van der Waals surface area contributed by atoms with Crippen LogP contribution < -0.4 is 4.31 Å². The maximum Gasteiger partial charge on any atom is 0.268 e. The molecule has 0 aliphatic carbocycles. The van der Waals surface area contributed by atoms with Gasteiger partial charge in [-0.25, -0.2) is 8.42 Å². The lowest BCUT2D eigenvalue weighted by Gasteiger charge is -2.23. The molecule has 1 aromatic heterocycles. The Morgan fingerprint density at radius 1 is 1.30 bits per heavy atom. The normalized spacial score (nSPS) is 11.6. The molecule has 2 rings (SSSR count). The summed E-state index contributed by atoms with van der Waals surface area (Å²) in [5.41, 5.74) is 1.46. The summed E-state index contributed by atoms with van der Waals surface area (Å²) in [7, 11) is -3.68. The van der Waals surface area contributed by atoms with Crippen LogP contribution in [0.5, 0.6) is 0 Å². The van der Waals surface area contributed by atoms with E-state index < -0.39 is 10.0 Å². The van der Waals surface area contributed by atoms with Gasteiger partial charge in [-0.15, -0.1) is 11.6 Å². The number of rotatable bonds is 5. The molecule has 20 heavy (non-hydrogen) atoms. The van der Waals surface area contributed by atoms with Crippen molar-refractivity contribution in [2.24, 2.45) is 0 Å². The number of aromatic nitrogens is 2. The standard InChI is InChI=1S/C13H16ClN3O2S/c1-3-17(11-7-5-4-6-8-11)20(18,19)13-10(2)15-16-12(13)9-14/h4-8H,3,9H2,1-2H3,(H,15,16). The lowest BCUT2D eigenvalue weighted by Crippen LogP contribution is -2.31. The molecule has 108 valence electrons. The summed E-state index contributed by atoms with van der Waals surface area (Å²) in [6.45, 7) is 3.80. The van der Waals surface area contributed by atoms with Gasteiger partial charge in [0.2, 0.25) is 0 Å². The van der Waals surface area contributed by atoms with Crippen LogP contribution in [-0.2, 0) is 15.9 Å². The van der Waals surface area contributed by atoms with Crippen molar-refractivity contribution in [2.75, 3.05) is 10.8 Å². The van der Waals surface area contributed by atoms with E-state index in [-0.39, 0.29) is 10.8 Å². The first-order valence-corrected chi connectivity index (χ1v) is 8.17. The van der Waals surface area contributed by atoms with Crippen LogP contribution in [0.25, 0.3) is 0 Å². The molecule has 1 heterocycles. The molecule has 0 spiro atoms. The fourth-order valence-electron chi connectivity index (χ4n) is 2.10. The van der Waals surface area contributed by atoms with Crippen LogP contribution in [-0.4, -0.2) is 25.2 Å². The van der Waals surface area contributed by atoms with Gasteiger partial charge < -0.3 is 0 Å². The molecule has 0 radical (unpaired) electrons. The summed E-state index contributed by atoms with van der Waals surface area (Å²) in [5.74, 6) is 0.0469. The number of para-hydroxylation sites is 1. The van der Waals surface area contributed by atoms with Crippen molar-refractivity contribution in [1.29, 1.82) is 0 Å².